The van der Waals surface area contributed by atoms with Gasteiger partial charge in [-0.25, -0.2) is 4.98 Å². The molecule has 1 aliphatic heterocycles. The fourth-order valence-electron chi connectivity index (χ4n) is 3.14. The van der Waals surface area contributed by atoms with Gasteiger partial charge in [0.15, 0.2) is 0 Å². The van der Waals surface area contributed by atoms with E-state index in [0.29, 0.717) is 12.4 Å². The molecule has 0 aliphatic carbocycles. The molecule has 0 atom stereocenters. The van der Waals surface area contributed by atoms with Crippen molar-refractivity contribution in [2.24, 2.45) is 0 Å². The maximum absolute atomic E-state index is 12.2. The third-order valence-corrected chi connectivity index (χ3v) is 4.41. The summed E-state index contributed by atoms with van der Waals surface area (Å²) in [6.45, 7) is 2.43. The van der Waals surface area contributed by atoms with E-state index in [1.807, 2.05) is 24.3 Å². The number of hydrogen-bond acceptors (Lipinski definition) is 5. The van der Waals surface area contributed by atoms with Crippen LogP contribution in [-0.2, 0) is 4.79 Å². The van der Waals surface area contributed by atoms with Crippen LogP contribution in [-0.4, -0.2) is 45.4 Å². The second-order valence-corrected chi connectivity index (χ2v) is 6.25. The molecule has 0 radical (unpaired) electrons. The highest BCUT2D eigenvalue weighted by molar-refractivity contribution is 5.94. The number of fused-ring (bicyclic) bond motifs is 1. The molecule has 25 heavy (non-hydrogen) atoms. The Hall–Kier alpha value is -2.86. The van der Waals surface area contributed by atoms with E-state index in [2.05, 4.69) is 25.2 Å². The Morgan fingerprint density at radius 1 is 1.04 bits per heavy atom. The van der Waals surface area contributed by atoms with Crippen LogP contribution in [0.25, 0.3) is 22.0 Å². The molecule has 6 heteroatoms. The van der Waals surface area contributed by atoms with Crippen LogP contribution in [0.5, 0.6) is 0 Å². The summed E-state index contributed by atoms with van der Waals surface area (Å²) < 4.78 is 0. The van der Waals surface area contributed by atoms with Crippen LogP contribution in [0.2, 0.25) is 0 Å². The molecule has 1 N–H and O–H groups in total. The number of rotatable bonds is 4. The van der Waals surface area contributed by atoms with Gasteiger partial charge in [-0.1, -0.05) is 12.1 Å². The third kappa shape index (κ3) is 3.64. The van der Waals surface area contributed by atoms with Gasteiger partial charge in [-0.15, -0.1) is 0 Å². The highest BCUT2D eigenvalue weighted by Crippen LogP contribution is 2.23. The Bertz CT molecular complexity index is 891. The van der Waals surface area contributed by atoms with Crippen molar-refractivity contribution >= 4 is 22.5 Å². The Kier molecular flexibility index (Phi) is 4.35. The summed E-state index contributed by atoms with van der Waals surface area (Å²) in [6.07, 6.45) is 9.19. The van der Waals surface area contributed by atoms with E-state index in [-0.39, 0.29) is 5.91 Å². The van der Waals surface area contributed by atoms with Gasteiger partial charge in [0.1, 0.15) is 5.82 Å². The number of carbonyl (C=O) groups excluding carboxylic acids is 1. The minimum Gasteiger partial charge on any atom is -0.310 e. The number of likely N-dealkylation sites (tertiary alicyclic amines) is 1. The van der Waals surface area contributed by atoms with Crippen LogP contribution in [0, 0.1) is 0 Å². The van der Waals surface area contributed by atoms with Crippen molar-refractivity contribution in [2.45, 2.75) is 12.8 Å². The SMILES string of the molecule is O=C(CN1CCCC1)Nc1cc2cc(-c3cnccn3)ccc2cn1. The molecule has 0 unspecified atom stereocenters. The minimum absolute atomic E-state index is 0.0150. The molecular weight excluding hydrogens is 314 g/mol. The van der Waals surface area contributed by atoms with E-state index in [1.54, 1.807) is 24.8 Å². The Labute approximate surface area is 145 Å². The van der Waals surface area contributed by atoms with E-state index in [0.717, 1.165) is 35.1 Å². The van der Waals surface area contributed by atoms with Crippen LogP contribution in [0.1, 0.15) is 12.8 Å². The molecule has 0 spiro atoms. The molecule has 1 aliphatic rings. The Morgan fingerprint density at radius 2 is 1.92 bits per heavy atom. The van der Waals surface area contributed by atoms with Crippen molar-refractivity contribution in [1.29, 1.82) is 0 Å². The first kappa shape index (κ1) is 15.7. The fraction of sp³-hybridized carbons (Fsp3) is 0.263. The lowest BCUT2D eigenvalue weighted by molar-refractivity contribution is -0.117. The second-order valence-electron chi connectivity index (χ2n) is 6.25. The number of nitrogens with one attached hydrogen (secondary N) is 1. The molecule has 3 heterocycles. The van der Waals surface area contributed by atoms with Gasteiger partial charge in [0.25, 0.3) is 0 Å². The first-order valence-electron chi connectivity index (χ1n) is 8.46. The van der Waals surface area contributed by atoms with Gasteiger partial charge in [0, 0.05) is 29.5 Å². The standard InChI is InChI=1S/C19H19N5O/c25-19(13-24-7-1-2-8-24)23-18-10-16-9-14(3-4-15(16)11-22-18)17-12-20-5-6-21-17/h3-6,9-12H,1-2,7-8,13H2,(H,22,23,25). The predicted molar refractivity (Wildman–Crippen MR) is 97.1 cm³/mol. The van der Waals surface area contributed by atoms with Crippen LogP contribution in [0.15, 0.2) is 49.1 Å². The number of hydrogen-bond donors (Lipinski definition) is 1. The summed E-state index contributed by atoms with van der Waals surface area (Å²) in [4.78, 5) is 27.1. The fourth-order valence-corrected chi connectivity index (χ4v) is 3.14. The molecule has 2 aromatic heterocycles. The first-order valence-corrected chi connectivity index (χ1v) is 8.46. The molecule has 6 nitrogen and oxygen atoms in total. The van der Waals surface area contributed by atoms with E-state index in [1.165, 1.54) is 12.8 Å². The van der Waals surface area contributed by atoms with E-state index >= 15 is 0 Å². The maximum atomic E-state index is 12.2. The summed E-state index contributed by atoms with van der Waals surface area (Å²) in [5.41, 5.74) is 1.81. The number of amides is 1. The summed E-state index contributed by atoms with van der Waals surface area (Å²) in [7, 11) is 0. The van der Waals surface area contributed by atoms with Crippen molar-refractivity contribution in [1.82, 2.24) is 19.9 Å². The van der Waals surface area contributed by atoms with Gasteiger partial charge in [0.05, 0.1) is 18.4 Å². The average molecular weight is 333 g/mol. The smallest absolute Gasteiger partial charge is 0.239 e. The molecule has 126 valence electrons. The van der Waals surface area contributed by atoms with Gasteiger partial charge < -0.3 is 5.32 Å². The zero-order chi connectivity index (χ0) is 17.1. The van der Waals surface area contributed by atoms with Crippen molar-refractivity contribution in [3.05, 3.63) is 49.1 Å². The van der Waals surface area contributed by atoms with Crippen LogP contribution < -0.4 is 5.32 Å². The Balaban J connectivity index is 1.55. The van der Waals surface area contributed by atoms with Gasteiger partial charge in [-0.3, -0.25) is 19.7 Å². The molecule has 1 aromatic carbocycles. The van der Waals surface area contributed by atoms with Gasteiger partial charge in [0.2, 0.25) is 5.91 Å². The molecule has 4 rings (SSSR count). The lowest BCUT2D eigenvalue weighted by Gasteiger charge is -2.14. The molecule has 0 saturated carbocycles. The number of carbonyl (C=O) groups is 1. The lowest BCUT2D eigenvalue weighted by Crippen LogP contribution is -2.31. The minimum atomic E-state index is -0.0150. The third-order valence-electron chi connectivity index (χ3n) is 4.41. The number of pyridine rings is 1. The van der Waals surface area contributed by atoms with Crippen molar-refractivity contribution in [3.8, 4) is 11.3 Å². The number of anilines is 1. The zero-order valence-electron chi connectivity index (χ0n) is 13.9. The Morgan fingerprint density at radius 3 is 2.72 bits per heavy atom. The number of nitrogens with zero attached hydrogens (tertiary/aromatic N) is 4. The molecule has 1 saturated heterocycles. The van der Waals surface area contributed by atoms with E-state index in [4.69, 9.17) is 0 Å². The quantitative estimate of drug-likeness (QED) is 0.795. The largest absolute Gasteiger partial charge is 0.310 e. The highest BCUT2D eigenvalue weighted by atomic mass is 16.2. The summed E-state index contributed by atoms with van der Waals surface area (Å²) >= 11 is 0. The lowest BCUT2D eigenvalue weighted by atomic mass is 10.1. The second kappa shape index (κ2) is 6.94. The van der Waals surface area contributed by atoms with Gasteiger partial charge in [-0.05, 0) is 43.5 Å². The van der Waals surface area contributed by atoms with Gasteiger partial charge >= 0.3 is 0 Å². The highest BCUT2D eigenvalue weighted by Gasteiger charge is 2.15. The topological polar surface area (TPSA) is 71.0 Å². The van der Waals surface area contributed by atoms with Crippen LogP contribution in [0.3, 0.4) is 0 Å². The molecule has 0 bridgehead atoms. The number of aromatic nitrogens is 3. The molecule has 1 fully saturated rings. The predicted octanol–water partition coefficient (Wildman–Crippen LogP) is 2.73. The molecule has 1 amide bonds. The van der Waals surface area contributed by atoms with E-state index in [9.17, 15) is 4.79 Å². The number of benzene rings is 1. The van der Waals surface area contributed by atoms with Crippen LogP contribution >= 0.6 is 0 Å². The van der Waals surface area contributed by atoms with E-state index < -0.39 is 0 Å². The van der Waals surface area contributed by atoms with Crippen LogP contribution in [0.4, 0.5) is 5.82 Å². The normalized spacial score (nSPS) is 14.7. The van der Waals surface area contributed by atoms with Crippen molar-refractivity contribution < 1.29 is 4.79 Å². The summed E-state index contributed by atoms with van der Waals surface area (Å²) in [5.74, 6) is 0.562. The maximum Gasteiger partial charge on any atom is 0.239 e. The monoisotopic (exact) mass is 333 g/mol. The zero-order valence-corrected chi connectivity index (χ0v) is 13.9. The molecular formula is C19H19N5O. The molecule has 3 aromatic rings. The van der Waals surface area contributed by atoms with Crippen molar-refractivity contribution in [3.63, 3.8) is 0 Å². The van der Waals surface area contributed by atoms with Crippen molar-refractivity contribution in [2.75, 3.05) is 25.0 Å². The summed E-state index contributed by atoms with van der Waals surface area (Å²) in [6, 6.07) is 7.94. The van der Waals surface area contributed by atoms with Gasteiger partial charge in [-0.2, -0.15) is 0 Å². The first-order chi connectivity index (χ1) is 12.3. The summed E-state index contributed by atoms with van der Waals surface area (Å²) in [5, 5.41) is 4.93. The average Bonchev–Trinajstić information content (AvgIpc) is 3.14.